The van der Waals surface area contributed by atoms with Crippen LogP contribution in [0, 0.1) is 12.8 Å². The number of hydrogen-bond acceptors (Lipinski definition) is 6. The van der Waals surface area contributed by atoms with E-state index in [1.807, 2.05) is 25.5 Å². The standard InChI is InChI=1S/C20H28N6O3.C2H6/c1-12-15(8-21-23-12)20(27)22-16-10-28-19-17(11-29-18(16)19)26-9-14(24-25-26)7-13-5-3-2-4-6-13;1-2/h8-9,13,16-19H,2-7,10-11H2,1H3,(H,21,23)(H,22,27);1-2H3. The molecule has 5 rings (SSSR count). The SMILES string of the molecule is CC.Cc1[nH]ncc1C(=O)NC1COC2C1OCC2n1cc(CC2CCCCC2)nn1. The highest BCUT2D eigenvalue weighted by Gasteiger charge is 2.49. The summed E-state index contributed by atoms with van der Waals surface area (Å²) in [6.07, 6.45) is 10.9. The van der Waals surface area contributed by atoms with E-state index in [2.05, 4.69) is 32.0 Å². The Morgan fingerprint density at radius 3 is 2.71 bits per heavy atom. The molecule has 0 aromatic carbocycles. The third kappa shape index (κ3) is 4.67. The maximum atomic E-state index is 12.5. The average molecular weight is 431 g/mol. The minimum Gasteiger partial charge on any atom is -0.371 e. The second kappa shape index (κ2) is 9.91. The van der Waals surface area contributed by atoms with Crippen LogP contribution in [0.4, 0.5) is 0 Å². The van der Waals surface area contributed by atoms with Crippen LogP contribution in [0.1, 0.15) is 73.7 Å². The van der Waals surface area contributed by atoms with Crippen molar-refractivity contribution < 1.29 is 14.3 Å². The molecule has 31 heavy (non-hydrogen) atoms. The van der Waals surface area contributed by atoms with E-state index in [9.17, 15) is 4.79 Å². The predicted octanol–water partition coefficient (Wildman–Crippen LogP) is 2.60. The van der Waals surface area contributed by atoms with Gasteiger partial charge < -0.3 is 14.8 Å². The van der Waals surface area contributed by atoms with Gasteiger partial charge in [0.05, 0.1) is 36.7 Å². The lowest BCUT2D eigenvalue weighted by atomic mass is 9.86. The molecule has 2 saturated heterocycles. The van der Waals surface area contributed by atoms with Gasteiger partial charge in [0.15, 0.2) is 0 Å². The number of carbonyl (C=O) groups is 1. The predicted molar refractivity (Wildman–Crippen MR) is 115 cm³/mol. The average Bonchev–Trinajstić information content (AvgIpc) is 3.57. The highest BCUT2D eigenvalue weighted by Crippen LogP contribution is 2.34. The molecule has 2 N–H and O–H groups in total. The summed E-state index contributed by atoms with van der Waals surface area (Å²) in [5, 5.41) is 18.5. The molecule has 170 valence electrons. The normalized spacial score (nSPS) is 28.1. The third-order valence-electron chi connectivity index (χ3n) is 6.54. The number of rotatable bonds is 5. The maximum Gasteiger partial charge on any atom is 0.255 e. The van der Waals surface area contributed by atoms with E-state index >= 15 is 0 Å². The van der Waals surface area contributed by atoms with Gasteiger partial charge in [0, 0.05) is 11.9 Å². The van der Waals surface area contributed by atoms with Crippen molar-refractivity contribution in [2.24, 2.45) is 5.92 Å². The summed E-state index contributed by atoms with van der Waals surface area (Å²) < 4.78 is 13.9. The monoisotopic (exact) mass is 430 g/mol. The fourth-order valence-electron chi connectivity index (χ4n) is 4.91. The number of H-pyrrole nitrogens is 1. The van der Waals surface area contributed by atoms with Gasteiger partial charge in [-0.3, -0.25) is 9.89 Å². The molecular formula is C22H34N6O3. The van der Waals surface area contributed by atoms with E-state index in [0.29, 0.717) is 18.8 Å². The summed E-state index contributed by atoms with van der Waals surface area (Å²) in [6.45, 7) is 6.77. The molecule has 0 bridgehead atoms. The molecule has 2 aliphatic heterocycles. The molecule has 0 radical (unpaired) electrons. The minimum atomic E-state index is -0.183. The Balaban J connectivity index is 0.00000112. The minimum absolute atomic E-state index is 0.00910. The van der Waals surface area contributed by atoms with Crippen LogP contribution in [0.5, 0.6) is 0 Å². The van der Waals surface area contributed by atoms with Crippen molar-refractivity contribution in [3.05, 3.63) is 29.3 Å². The molecule has 1 amide bonds. The Labute approximate surface area is 183 Å². The molecular weight excluding hydrogens is 396 g/mol. The van der Waals surface area contributed by atoms with Gasteiger partial charge in [-0.15, -0.1) is 5.10 Å². The lowest BCUT2D eigenvalue weighted by Crippen LogP contribution is -2.44. The first-order chi connectivity index (χ1) is 15.2. The number of hydrogen-bond donors (Lipinski definition) is 2. The first kappa shape index (κ1) is 22.0. The van der Waals surface area contributed by atoms with E-state index in [1.54, 1.807) is 6.20 Å². The molecule has 9 heteroatoms. The highest BCUT2D eigenvalue weighted by atomic mass is 16.6. The lowest BCUT2D eigenvalue weighted by molar-refractivity contribution is 0.0613. The van der Waals surface area contributed by atoms with Crippen LogP contribution in [0.15, 0.2) is 12.4 Å². The first-order valence-electron chi connectivity index (χ1n) is 11.6. The molecule has 3 fully saturated rings. The van der Waals surface area contributed by atoms with Gasteiger partial charge in [0.2, 0.25) is 0 Å². The Bertz CT molecular complexity index is 859. The topological polar surface area (TPSA) is 107 Å². The van der Waals surface area contributed by atoms with Gasteiger partial charge in [-0.1, -0.05) is 51.2 Å². The number of nitrogens with one attached hydrogen (secondary N) is 2. The van der Waals surface area contributed by atoms with Crippen molar-refractivity contribution in [3.63, 3.8) is 0 Å². The number of carbonyl (C=O) groups excluding carboxylic acids is 1. The summed E-state index contributed by atoms with van der Waals surface area (Å²) >= 11 is 0. The highest BCUT2D eigenvalue weighted by molar-refractivity contribution is 5.95. The molecule has 2 aromatic heterocycles. The third-order valence-corrected chi connectivity index (χ3v) is 6.54. The van der Waals surface area contributed by atoms with Crippen LogP contribution < -0.4 is 5.32 Å². The molecule has 0 spiro atoms. The fraction of sp³-hybridized carbons (Fsp3) is 0.727. The molecule has 9 nitrogen and oxygen atoms in total. The van der Waals surface area contributed by atoms with Gasteiger partial charge >= 0.3 is 0 Å². The zero-order valence-corrected chi connectivity index (χ0v) is 18.7. The first-order valence-corrected chi connectivity index (χ1v) is 11.6. The van der Waals surface area contributed by atoms with Crippen LogP contribution in [0.3, 0.4) is 0 Å². The van der Waals surface area contributed by atoms with E-state index in [1.165, 1.54) is 32.1 Å². The van der Waals surface area contributed by atoms with Crippen molar-refractivity contribution >= 4 is 5.91 Å². The van der Waals surface area contributed by atoms with Crippen LogP contribution in [0.25, 0.3) is 0 Å². The maximum absolute atomic E-state index is 12.5. The van der Waals surface area contributed by atoms with Crippen LogP contribution in [0.2, 0.25) is 0 Å². The Kier molecular flexibility index (Phi) is 7.02. The fourth-order valence-corrected chi connectivity index (χ4v) is 4.91. The number of aromatic amines is 1. The van der Waals surface area contributed by atoms with Crippen molar-refractivity contribution in [1.29, 1.82) is 0 Å². The number of ether oxygens (including phenoxy) is 2. The quantitative estimate of drug-likeness (QED) is 0.755. The lowest BCUT2D eigenvalue weighted by Gasteiger charge is -2.20. The molecule has 1 aliphatic carbocycles. The summed E-state index contributed by atoms with van der Waals surface area (Å²) in [5.41, 5.74) is 2.35. The van der Waals surface area contributed by atoms with Gasteiger partial charge in [-0.05, 0) is 19.3 Å². The number of aromatic nitrogens is 5. The van der Waals surface area contributed by atoms with Crippen molar-refractivity contribution in [3.8, 4) is 0 Å². The Morgan fingerprint density at radius 1 is 1.19 bits per heavy atom. The molecule has 3 aliphatic rings. The smallest absolute Gasteiger partial charge is 0.255 e. The summed E-state index contributed by atoms with van der Waals surface area (Å²) in [6, 6.07) is -0.192. The molecule has 4 heterocycles. The second-order valence-electron chi connectivity index (χ2n) is 8.55. The van der Waals surface area contributed by atoms with E-state index < -0.39 is 0 Å². The van der Waals surface area contributed by atoms with Crippen molar-refractivity contribution in [2.75, 3.05) is 13.2 Å². The van der Waals surface area contributed by atoms with E-state index in [4.69, 9.17) is 9.47 Å². The Hall–Kier alpha value is -2.26. The molecule has 2 aromatic rings. The van der Waals surface area contributed by atoms with Gasteiger partial charge in [0.1, 0.15) is 18.2 Å². The number of amides is 1. The summed E-state index contributed by atoms with van der Waals surface area (Å²) in [5.74, 6) is 0.572. The van der Waals surface area contributed by atoms with E-state index in [-0.39, 0.29) is 30.2 Å². The zero-order valence-electron chi connectivity index (χ0n) is 18.7. The summed E-state index contributed by atoms with van der Waals surface area (Å²) in [4.78, 5) is 12.5. The number of aryl methyl sites for hydroxylation is 1. The molecule has 1 saturated carbocycles. The van der Waals surface area contributed by atoms with E-state index in [0.717, 1.165) is 23.7 Å². The van der Waals surface area contributed by atoms with Crippen molar-refractivity contribution in [1.82, 2.24) is 30.5 Å². The number of fused-ring (bicyclic) bond motifs is 1. The van der Waals surface area contributed by atoms with Crippen molar-refractivity contribution in [2.45, 2.75) is 83.6 Å². The van der Waals surface area contributed by atoms with Gasteiger partial charge in [-0.25, -0.2) is 4.68 Å². The second-order valence-corrected chi connectivity index (χ2v) is 8.55. The largest absolute Gasteiger partial charge is 0.371 e. The van der Waals surface area contributed by atoms with Crippen LogP contribution in [-0.2, 0) is 15.9 Å². The zero-order chi connectivity index (χ0) is 21.8. The molecule has 4 atom stereocenters. The van der Waals surface area contributed by atoms with Gasteiger partial charge in [-0.2, -0.15) is 5.10 Å². The number of nitrogens with zero attached hydrogens (tertiary/aromatic N) is 4. The van der Waals surface area contributed by atoms with Crippen LogP contribution in [-0.4, -0.2) is 62.6 Å². The molecule has 4 unspecified atom stereocenters. The Morgan fingerprint density at radius 2 is 1.97 bits per heavy atom. The van der Waals surface area contributed by atoms with Gasteiger partial charge in [0.25, 0.3) is 5.91 Å². The summed E-state index contributed by atoms with van der Waals surface area (Å²) in [7, 11) is 0. The van der Waals surface area contributed by atoms with Crippen LogP contribution >= 0.6 is 0 Å².